The highest BCUT2D eigenvalue weighted by molar-refractivity contribution is 6.08. The van der Waals surface area contributed by atoms with E-state index in [-0.39, 0.29) is 17.4 Å². The van der Waals surface area contributed by atoms with Crippen molar-refractivity contribution >= 4 is 19.9 Å². The van der Waals surface area contributed by atoms with Gasteiger partial charge in [-0.3, -0.25) is 10.2 Å². The maximum atomic E-state index is 10.6. The summed E-state index contributed by atoms with van der Waals surface area (Å²) in [6.45, 7) is 8.80. The lowest BCUT2D eigenvalue weighted by molar-refractivity contribution is -0.109. The van der Waals surface area contributed by atoms with Crippen molar-refractivity contribution in [2.75, 3.05) is 31.8 Å². The van der Waals surface area contributed by atoms with Crippen LogP contribution >= 0.6 is 0 Å². The van der Waals surface area contributed by atoms with Crippen molar-refractivity contribution in [3.63, 3.8) is 0 Å². The number of hydrogen-bond donors (Lipinski definition) is 3. The number of aromatic hydroxyl groups is 1. The minimum atomic E-state index is -0.129. The molecule has 2 radical (unpaired) electrons. The SMILES string of the molecule is NNC=O.[B]CCCCCc1cc(O)cc(-c2ccc3c(c2)C(CC(C)(C)COC#C)C(c2ccccc2CCOC)N3CC)c1. The topological polar surface area (TPSA) is 97.0 Å². The highest BCUT2D eigenvalue weighted by atomic mass is 16.5. The lowest BCUT2D eigenvalue weighted by atomic mass is 9.76. The van der Waals surface area contributed by atoms with Crippen LogP contribution in [0.4, 0.5) is 5.69 Å². The summed E-state index contributed by atoms with van der Waals surface area (Å²) in [4.78, 5) is 11.5. The van der Waals surface area contributed by atoms with Crippen LogP contribution in [0.1, 0.15) is 80.7 Å². The normalized spacial score (nSPS) is 15.3. The van der Waals surface area contributed by atoms with E-state index in [1.54, 1.807) is 12.5 Å². The summed E-state index contributed by atoms with van der Waals surface area (Å²) in [6, 6.07) is 21.8. The number of rotatable bonds is 16. The summed E-state index contributed by atoms with van der Waals surface area (Å²) in [5.41, 5.74) is 10.2. The number of nitrogens with one attached hydrogen (secondary N) is 1. The van der Waals surface area contributed by atoms with Crippen LogP contribution in [0.3, 0.4) is 0 Å². The molecule has 4 rings (SSSR count). The van der Waals surface area contributed by atoms with E-state index in [2.05, 4.69) is 86.2 Å². The van der Waals surface area contributed by atoms with E-state index in [4.69, 9.17) is 28.5 Å². The smallest absolute Gasteiger partial charge is 0.221 e. The number of aryl methyl sites for hydroxylation is 1. The van der Waals surface area contributed by atoms with Gasteiger partial charge < -0.3 is 19.5 Å². The molecule has 0 saturated carbocycles. The number of nitrogens with zero attached hydrogens (tertiary/aromatic N) is 1. The van der Waals surface area contributed by atoms with Crippen LogP contribution in [-0.4, -0.2) is 46.2 Å². The number of unbranched alkanes of at least 4 members (excludes halogenated alkanes) is 2. The summed E-state index contributed by atoms with van der Waals surface area (Å²) < 4.78 is 11.0. The first kappa shape index (κ1) is 36.5. The average Bonchev–Trinajstić information content (AvgIpc) is 3.36. The van der Waals surface area contributed by atoms with Gasteiger partial charge in [0.1, 0.15) is 18.5 Å². The fourth-order valence-corrected chi connectivity index (χ4v) is 6.59. The zero-order valence-electron chi connectivity index (χ0n) is 27.9. The Morgan fingerprint density at radius 3 is 2.50 bits per heavy atom. The molecule has 3 aromatic carbocycles. The van der Waals surface area contributed by atoms with Crippen molar-refractivity contribution in [2.24, 2.45) is 11.3 Å². The Morgan fingerprint density at radius 2 is 1.83 bits per heavy atom. The molecule has 0 spiro atoms. The third-order valence-corrected chi connectivity index (χ3v) is 8.61. The van der Waals surface area contributed by atoms with E-state index in [1.807, 2.05) is 12.1 Å². The molecule has 244 valence electrons. The van der Waals surface area contributed by atoms with Crippen LogP contribution in [0.2, 0.25) is 6.32 Å². The zero-order valence-corrected chi connectivity index (χ0v) is 27.9. The molecule has 1 heterocycles. The fourth-order valence-electron chi connectivity index (χ4n) is 6.59. The number of methoxy groups -OCH3 is 1. The van der Waals surface area contributed by atoms with Crippen LogP contribution in [0.25, 0.3) is 11.1 Å². The predicted octanol–water partition coefficient (Wildman–Crippen LogP) is 6.84. The molecule has 2 atom stereocenters. The molecule has 1 amide bonds. The van der Waals surface area contributed by atoms with Crippen molar-refractivity contribution in [2.45, 2.75) is 77.6 Å². The molecule has 0 saturated heterocycles. The Morgan fingerprint density at radius 1 is 1.07 bits per heavy atom. The summed E-state index contributed by atoms with van der Waals surface area (Å²) in [5, 5.41) is 10.6. The van der Waals surface area contributed by atoms with E-state index >= 15 is 0 Å². The quantitative estimate of drug-likeness (QED) is 0.0308. The third-order valence-electron chi connectivity index (χ3n) is 8.61. The van der Waals surface area contributed by atoms with E-state index in [0.29, 0.717) is 25.4 Å². The van der Waals surface area contributed by atoms with Crippen LogP contribution < -0.4 is 16.2 Å². The first-order valence-corrected chi connectivity index (χ1v) is 16.2. The van der Waals surface area contributed by atoms with E-state index in [0.717, 1.165) is 68.1 Å². The van der Waals surface area contributed by atoms with Crippen molar-refractivity contribution in [3.8, 4) is 29.4 Å². The monoisotopic (exact) mass is 623 g/mol. The number of likely N-dealkylation sites (N-methyl/N-ethyl adjacent to an activating group) is 1. The third kappa shape index (κ3) is 9.79. The molecule has 7 nitrogen and oxygen atoms in total. The number of hydrogen-bond acceptors (Lipinski definition) is 6. The van der Waals surface area contributed by atoms with Gasteiger partial charge in [-0.15, -0.1) is 0 Å². The molecule has 0 fully saturated rings. The van der Waals surface area contributed by atoms with Gasteiger partial charge >= 0.3 is 0 Å². The highest BCUT2D eigenvalue weighted by Crippen LogP contribution is 2.54. The van der Waals surface area contributed by atoms with Crippen LogP contribution in [0, 0.1) is 17.9 Å². The van der Waals surface area contributed by atoms with Crippen LogP contribution in [0.15, 0.2) is 60.7 Å². The lowest BCUT2D eigenvalue weighted by Crippen LogP contribution is -2.30. The number of phenols is 1. The lowest BCUT2D eigenvalue weighted by Gasteiger charge is -2.35. The van der Waals surface area contributed by atoms with Crippen molar-refractivity contribution in [3.05, 3.63) is 82.9 Å². The molecule has 8 heteroatoms. The standard InChI is InChI=1S/C37H46BNO3.CH4N2O/c1-6-39-35-17-16-29(30-21-27(22-31(40)23-30)13-9-8-12-19-38)24-33(35)34(25-37(3,4)26-42-7-2)36(39)32-15-11-10-14-28(32)18-20-41-5;2-3-1-4/h2,10-11,14-17,21-24,34,36,40H,6,8-9,12-13,18-20,25-26H2,1,3-5H3;1H,2H2,(H,3,4). The zero-order chi connectivity index (χ0) is 33.5. The predicted molar refractivity (Wildman–Crippen MR) is 189 cm³/mol. The molecule has 3 aromatic rings. The van der Waals surface area contributed by atoms with E-state index < -0.39 is 0 Å². The van der Waals surface area contributed by atoms with Crippen LogP contribution in [-0.2, 0) is 27.1 Å². The number of ether oxygens (including phenoxy) is 2. The van der Waals surface area contributed by atoms with Crippen molar-refractivity contribution < 1.29 is 19.4 Å². The Kier molecular flexibility index (Phi) is 14.5. The second-order valence-corrected chi connectivity index (χ2v) is 12.6. The molecule has 0 aromatic heterocycles. The molecule has 4 N–H and O–H groups in total. The Labute approximate surface area is 277 Å². The average molecular weight is 624 g/mol. The maximum Gasteiger partial charge on any atom is 0.221 e. The number of terminal acetylenes is 1. The number of nitrogens with two attached hydrogens (primary N) is 1. The van der Waals surface area contributed by atoms with Crippen molar-refractivity contribution in [1.29, 1.82) is 0 Å². The number of carbonyl (C=O) groups excluding carboxylic acids is 1. The van der Waals surface area contributed by atoms with Gasteiger partial charge in [-0.05, 0) is 90.3 Å². The Balaban J connectivity index is 0.00000136. The summed E-state index contributed by atoms with van der Waals surface area (Å²) >= 11 is 0. The van der Waals surface area contributed by atoms with E-state index in [1.165, 1.54) is 22.4 Å². The minimum absolute atomic E-state index is 0.129. The molecular formula is C38H50BN3O4. The largest absolute Gasteiger partial charge is 0.508 e. The second-order valence-electron chi connectivity index (χ2n) is 12.6. The number of fused-ring (bicyclic) bond motifs is 1. The highest BCUT2D eigenvalue weighted by Gasteiger charge is 2.42. The van der Waals surface area contributed by atoms with Gasteiger partial charge in [0.2, 0.25) is 6.41 Å². The van der Waals surface area contributed by atoms with Crippen molar-refractivity contribution in [1.82, 2.24) is 5.43 Å². The molecule has 46 heavy (non-hydrogen) atoms. The Hall–Kier alpha value is -3.93. The van der Waals surface area contributed by atoms with Gasteiger partial charge in [0, 0.05) is 30.7 Å². The number of hydrazine groups is 1. The minimum Gasteiger partial charge on any atom is -0.508 e. The number of carbonyl (C=O) groups is 1. The summed E-state index contributed by atoms with van der Waals surface area (Å²) in [6.07, 6.45) is 14.9. The molecule has 1 aliphatic rings. The number of benzene rings is 3. The Bertz CT molecular complexity index is 1440. The van der Waals surface area contributed by atoms with E-state index in [9.17, 15) is 5.11 Å². The van der Waals surface area contributed by atoms with Gasteiger partial charge in [0.05, 0.1) is 20.5 Å². The molecule has 0 bridgehead atoms. The molecule has 2 unspecified atom stereocenters. The fraction of sp³-hybridized carbons (Fsp3) is 0.447. The van der Waals surface area contributed by atoms with Gasteiger partial charge in [0.15, 0.2) is 0 Å². The summed E-state index contributed by atoms with van der Waals surface area (Å²) in [5.74, 6) is 4.95. The first-order chi connectivity index (χ1) is 22.2. The number of phenolic OH excluding ortho intramolecular Hbond substituents is 1. The van der Waals surface area contributed by atoms with Gasteiger partial charge in [0.25, 0.3) is 0 Å². The molecule has 0 aliphatic carbocycles. The number of anilines is 1. The number of amides is 1. The molecule has 1 aliphatic heterocycles. The maximum absolute atomic E-state index is 10.6. The first-order valence-electron chi connectivity index (χ1n) is 16.2. The van der Waals surface area contributed by atoms with Gasteiger partial charge in [-0.2, -0.15) is 0 Å². The summed E-state index contributed by atoms with van der Waals surface area (Å²) in [7, 11) is 7.44. The second kappa shape index (κ2) is 18.3. The van der Waals surface area contributed by atoms with Crippen LogP contribution in [0.5, 0.6) is 5.75 Å². The van der Waals surface area contributed by atoms with Gasteiger partial charge in [-0.1, -0.05) is 75.8 Å². The molecular weight excluding hydrogens is 573 g/mol. The van der Waals surface area contributed by atoms with Gasteiger partial charge in [-0.25, -0.2) is 5.84 Å².